The van der Waals surface area contributed by atoms with Crippen LogP contribution < -0.4 is 0 Å². The normalized spacial score (nSPS) is 34.2. The molecule has 1 aromatic heterocycles. The van der Waals surface area contributed by atoms with Gasteiger partial charge in [-0.25, -0.2) is 0 Å². The van der Waals surface area contributed by atoms with Crippen LogP contribution in [0.2, 0.25) is 0 Å². The van der Waals surface area contributed by atoms with E-state index in [0.29, 0.717) is 5.82 Å². The Kier molecular flexibility index (Phi) is 1.51. The van der Waals surface area contributed by atoms with Crippen LogP contribution in [0, 0.1) is 17.8 Å². The molecule has 14 heavy (non-hydrogen) atoms. The van der Waals surface area contributed by atoms with Crippen molar-refractivity contribution in [2.24, 2.45) is 24.8 Å². The molecule has 5 heteroatoms. The quantitative estimate of drug-likeness (QED) is 0.638. The number of Topliss-reactive ketones (excluding diaryl/α,β-unsaturated/α-hetero) is 1. The first-order chi connectivity index (χ1) is 6.74. The molecule has 2 saturated carbocycles. The topological polar surface area (TPSA) is 60.7 Å². The molecule has 0 aliphatic heterocycles. The van der Waals surface area contributed by atoms with Gasteiger partial charge in [0, 0.05) is 5.92 Å². The van der Waals surface area contributed by atoms with Crippen LogP contribution in [0.4, 0.5) is 0 Å². The number of rotatable bonds is 2. The number of carbonyl (C=O) groups excluding carboxylic acids is 1. The van der Waals surface area contributed by atoms with Crippen LogP contribution >= 0.6 is 0 Å². The molecule has 0 radical (unpaired) electrons. The van der Waals surface area contributed by atoms with Crippen molar-refractivity contribution in [2.75, 3.05) is 0 Å². The van der Waals surface area contributed by atoms with E-state index in [4.69, 9.17) is 0 Å². The fourth-order valence-corrected chi connectivity index (χ4v) is 2.49. The molecule has 2 fully saturated rings. The SMILES string of the molecule is Cn1nnc(C(=O)C2CC3CC3C2)n1. The van der Waals surface area contributed by atoms with Crippen molar-refractivity contribution in [2.45, 2.75) is 19.3 Å². The standard InChI is InChI=1S/C9H12N4O/c1-13-11-9(10-12-13)8(14)7-3-5-2-6(5)4-7/h5-7H,2-4H2,1H3. The second-order valence-corrected chi connectivity index (χ2v) is 4.39. The minimum atomic E-state index is 0.0882. The highest BCUT2D eigenvalue weighted by Crippen LogP contribution is 2.54. The van der Waals surface area contributed by atoms with Gasteiger partial charge >= 0.3 is 0 Å². The van der Waals surface area contributed by atoms with Crippen molar-refractivity contribution in [3.8, 4) is 0 Å². The Bertz CT molecular complexity index is 376. The van der Waals surface area contributed by atoms with E-state index in [1.165, 1.54) is 11.2 Å². The third-order valence-electron chi connectivity index (χ3n) is 3.34. The molecular formula is C9H12N4O. The van der Waals surface area contributed by atoms with Gasteiger partial charge in [0.15, 0.2) is 0 Å². The molecule has 3 rings (SSSR count). The molecule has 0 saturated heterocycles. The monoisotopic (exact) mass is 192 g/mol. The highest BCUT2D eigenvalue weighted by Gasteiger charge is 2.48. The first-order valence-corrected chi connectivity index (χ1v) is 5.02. The lowest BCUT2D eigenvalue weighted by Crippen LogP contribution is -2.15. The summed E-state index contributed by atoms with van der Waals surface area (Å²) in [5, 5.41) is 11.4. The van der Waals surface area contributed by atoms with E-state index >= 15 is 0 Å². The molecule has 2 aliphatic carbocycles. The average Bonchev–Trinajstić information content (AvgIpc) is 2.64. The number of hydrogen-bond acceptors (Lipinski definition) is 4. The Morgan fingerprint density at radius 1 is 1.36 bits per heavy atom. The molecule has 1 aromatic rings. The predicted octanol–water partition coefficient (Wildman–Crippen LogP) is 0.439. The summed E-state index contributed by atoms with van der Waals surface area (Å²) in [7, 11) is 1.68. The summed E-state index contributed by atoms with van der Waals surface area (Å²) in [6, 6.07) is 0. The third kappa shape index (κ3) is 1.15. The van der Waals surface area contributed by atoms with Crippen molar-refractivity contribution in [3.63, 3.8) is 0 Å². The van der Waals surface area contributed by atoms with Gasteiger partial charge in [0.1, 0.15) is 0 Å². The zero-order chi connectivity index (χ0) is 9.71. The first kappa shape index (κ1) is 8.08. The lowest BCUT2D eigenvalue weighted by molar-refractivity contribution is 0.0903. The van der Waals surface area contributed by atoms with Gasteiger partial charge in [-0.1, -0.05) is 0 Å². The fourth-order valence-electron chi connectivity index (χ4n) is 2.49. The van der Waals surface area contributed by atoms with E-state index in [-0.39, 0.29) is 11.7 Å². The zero-order valence-corrected chi connectivity index (χ0v) is 8.05. The van der Waals surface area contributed by atoms with Gasteiger partial charge in [-0.15, -0.1) is 10.2 Å². The van der Waals surface area contributed by atoms with Gasteiger partial charge < -0.3 is 0 Å². The molecule has 2 atom stereocenters. The Morgan fingerprint density at radius 3 is 2.64 bits per heavy atom. The van der Waals surface area contributed by atoms with E-state index in [0.717, 1.165) is 24.7 Å². The summed E-state index contributed by atoms with van der Waals surface area (Å²) in [6.45, 7) is 0. The Balaban J connectivity index is 1.76. The van der Waals surface area contributed by atoms with E-state index < -0.39 is 0 Å². The highest BCUT2D eigenvalue weighted by molar-refractivity contribution is 5.94. The minimum absolute atomic E-state index is 0.0882. The summed E-state index contributed by atoms with van der Waals surface area (Å²) in [5.74, 6) is 2.19. The number of hydrogen-bond donors (Lipinski definition) is 0. The fraction of sp³-hybridized carbons (Fsp3) is 0.778. The van der Waals surface area contributed by atoms with Gasteiger partial charge in [-0.2, -0.15) is 4.80 Å². The van der Waals surface area contributed by atoms with Gasteiger partial charge in [0.25, 0.3) is 0 Å². The zero-order valence-electron chi connectivity index (χ0n) is 8.05. The third-order valence-corrected chi connectivity index (χ3v) is 3.34. The maximum Gasteiger partial charge on any atom is 0.240 e. The number of fused-ring (bicyclic) bond motifs is 1. The van der Waals surface area contributed by atoms with E-state index in [1.54, 1.807) is 7.05 Å². The smallest absolute Gasteiger partial charge is 0.240 e. The Hall–Kier alpha value is -1.26. The maximum atomic E-state index is 11.8. The Morgan fingerprint density at radius 2 is 2.07 bits per heavy atom. The number of carbonyl (C=O) groups is 1. The number of ketones is 1. The Labute approximate surface area is 81.5 Å². The molecule has 2 unspecified atom stereocenters. The molecule has 0 bridgehead atoms. The van der Waals surface area contributed by atoms with Crippen molar-refractivity contribution in [1.29, 1.82) is 0 Å². The summed E-state index contributed by atoms with van der Waals surface area (Å²) < 4.78 is 0. The molecule has 0 spiro atoms. The van der Waals surface area contributed by atoms with Crippen LogP contribution in [-0.4, -0.2) is 26.0 Å². The van der Waals surface area contributed by atoms with Crippen LogP contribution in [0.5, 0.6) is 0 Å². The molecular weight excluding hydrogens is 180 g/mol. The van der Waals surface area contributed by atoms with Gasteiger partial charge in [0.05, 0.1) is 7.05 Å². The number of aromatic nitrogens is 4. The predicted molar refractivity (Wildman–Crippen MR) is 47.4 cm³/mol. The van der Waals surface area contributed by atoms with Crippen LogP contribution in [0.25, 0.3) is 0 Å². The van der Waals surface area contributed by atoms with Crippen LogP contribution in [0.3, 0.4) is 0 Å². The number of tetrazole rings is 1. The van der Waals surface area contributed by atoms with Crippen molar-refractivity contribution >= 4 is 5.78 Å². The summed E-state index contributed by atoms with van der Waals surface area (Å²) in [6.07, 6.45) is 3.42. The summed E-state index contributed by atoms with van der Waals surface area (Å²) in [4.78, 5) is 13.2. The summed E-state index contributed by atoms with van der Waals surface area (Å²) in [5.41, 5.74) is 0. The van der Waals surface area contributed by atoms with E-state index in [9.17, 15) is 4.79 Å². The lowest BCUT2D eigenvalue weighted by atomic mass is 9.98. The first-order valence-electron chi connectivity index (χ1n) is 5.02. The van der Waals surface area contributed by atoms with E-state index in [1.807, 2.05) is 0 Å². The summed E-state index contributed by atoms with van der Waals surface area (Å²) >= 11 is 0. The van der Waals surface area contributed by atoms with Crippen LogP contribution in [-0.2, 0) is 7.05 Å². The molecule has 0 N–H and O–H groups in total. The second-order valence-electron chi connectivity index (χ2n) is 4.39. The second kappa shape index (κ2) is 2.62. The van der Waals surface area contributed by atoms with Crippen molar-refractivity contribution in [3.05, 3.63) is 5.82 Å². The maximum absolute atomic E-state index is 11.8. The molecule has 0 aromatic carbocycles. The lowest BCUT2D eigenvalue weighted by Gasteiger charge is -2.05. The molecule has 2 aliphatic rings. The molecule has 1 heterocycles. The number of aryl methyl sites for hydroxylation is 1. The highest BCUT2D eigenvalue weighted by atomic mass is 16.1. The van der Waals surface area contributed by atoms with Crippen LogP contribution in [0.15, 0.2) is 0 Å². The minimum Gasteiger partial charge on any atom is -0.290 e. The van der Waals surface area contributed by atoms with Gasteiger partial charge in [0.2, 0.25) is 11.6 Å². The molecule has 0 amide bonds. The largest absolute Gasteiger partial charge is 0.290 e. The van der Waals surface area contributed by atoms with Crippen molar-refractivity contribution in [1.82, 2.24) is 20.2 Å². The van der Waals surface area contributed by atoms with Gasteiger partial charge in [-0.05, 0) is 36.3 Å². The molecule has 5 nitrogen and oxygen atoms in total. The van der Waals surface area contributed by atoms with E-state index in [2.05, 4.69) is 15.4 Å². The van der Waals surface area contributed by atoms with Crippen LogP contribution in [0.1, 0.15) is 29.9 Å². The molecule has 74 valence electrons. The van der Waals surface area contributed by atoms with Crippen molar-refractivity contribution < 1.29 is 4.79 Å². The number of nitrogens with zero attached hydrogens (tertiary/aromatic N) is 4. The van der Waals surface area contributed by atoms with Gasteiger partial charge in [-0.3, -0.25) is 4.79 Å². The average molecular weight is 192 g/mol.